The molecule has 1 fully saturated rings. The van der Waals surface area contributed by atoms with Crippen LogP contribution in [0.25, 0.3) is 0 Å². The summed E-state index contributed by atoms with van der Waals surface area (Å²) in [7, 11) is 3.97. The lowest BCUT2D eigenvalue weighted by atomic mass is 10.2. The number of rotatable bonds is 7. The second-order valence-corrected chi connectivity index (χ2v) is 8.13. The van der Waals surface area contributed by atoms with E-state index >= 15 is 0 Å². The molecule has 0 aliphatic carbocycles. The second kappa shape index (κ2) is 9.76. The molecule has 1 aliphatic heterocycles. The predicted octanol–water partition coefficient (Wildman–Crippen LogP) is 3.57. The number of urea groups is 2. The summed E-state index contributed by atoms with van der Waals surface area (Å²) in [6.45, 7) is 3.12. The average Bonchev–Trinajstić information content (AvgIpc) is 3.12. The molecule has 1 saturated heterocycles. The molecule has 0 spiro atoms. The SMILES string of the molecule is CN(C)CCN(Cc1ccc(Br)cc1)C(=O)Nc1cccc(N2CCNC2=O)c1. The van der Waals surface area contributed by atoms with Gasteiger partial charge in [0, 0.05) is 48.6 Å². The van der Waals surface area contributed by atoms with E-state index in [9.17, 15) is 9.59 Å². The number of likely N-dealkylation sites (N-methyl/N-ethyl adjacent to an activating group) is 1. The highest BCUT2D eigenvalue weighted by Gasteiger charge is 2.21. The van der Waals surface area contributed by atoms with Crippen molar-refractivity contribution in [1.82, 2.24) is 15.1 Å². The first kappa shape index (κ1) is 21.1. The van der Waals surface area contributed by atoms with Crippen LogP contribution in [0.3, 0.4) is 0 Å². The standard InChI is InChI=1S/C21H26BrN5O2/c1-25(2)12-13-26(15-16-6-8-17(22)9-7-16)21(29)24-18-4-3-5-19(14-18)27-11-10-23-20(27)28/h3-9,14H,10-13,15H2,1-2H3,(H,23,28)(H,24,29). The van der Waals surface area contributed by atoms with Gasteiger partial charge in [0.05, 0.1) is 0 Å². The Morgan fingerprint density at radius 1 is 1.17 bits per heavy atom. The topological polar surface area (TPSA) is 67.9 Å². The number of halogens is 1. The Labute approximate surface area is 179 Å². The lowest BCUT2D eigenvalue weighted by molar-refractivity contribution is 0.202. The van der Waals surface area contributed by atoms with E-state index in [1.54, 1.807) is 9.80 Å². The minimum absolute atomic E-state index is 0.115. The van der Waals surface area contributed by atoms with Crippen LogP contribution in [0, 0.1) is 0 Å². The summed E-state index contributed by atoms with van der Waals surface area (Å²) in [6.07, 6.45) is 0. The van der Waals surface area contributed by atoms with Gasteiger partial charge in [0.1, 0.15) is 0 Å². The summed E-state index contributed by atoms with van der Waals surface area (Å²) in [5.74, 6) is 0. The molecule has 0 unspecified atom stereocenters. The maximum atomic E-state index is 13.0. The molecule has 8 heteroatoms. The van der Waals surface area contributed by atoms with Crippen molar-refractivity contribution < 1.29 is 9.59 Å². The Kier molecular flexibility index (Phi) is 7.11. The van der Waals surface area contributed by atoms with E-state index in [1.165, 1.54) is 0 Å². The largest absolute Gasteiger partial charge is 0.336 e. The number of anilines is 2. The first-order chi connectivity index (χ1) is 13.9. The molecule has 0 saturated carbocycles. The number of nitrogens with zero attached hydrogens (tertiary/aromatic N) is 3. The number of carbonyl (C=O) groups excluding carboxylic acids is 2. The number of hydrogen-bond acceptors (Lipinski definition) is 3. The Morgan fingerprint density at radius 2 is 1.93 bits per heavy atom. The van der Waals surface area contributed by atoms with Crippen LogP contribution in [0.15, 0.2) is 53.0 Å². The molecular formula is C21H26BrN5O2. The van der Waals surface area contributed by atoms with Gasteiger partial charge >= 0.3 is 12.1 Å². The Morgan fingerprint density at radius 3 is 2.59 bits per heavy atom. The molecule has 154 valence electrons. The van der Waals surface area contributed by atoms with Crippen LogP contribution in [0.4, 0.5) is 21.0 Å². The fourth-order valence-corrected chi connectivity index (χ4v) is 3.32. The lowest BCUT2D eigenvalue weighted by Crippen LogP contribution is -2.39. The zero-order chi connectivity index (χ0) is 20.8. The highest BCUT2D eigenvalue weighted by atomic mass is 79.9. The van der Waals surface area contributed by atoms with Gasteiger partial charge < -0.3 is 20.4 Å². The summed E-state index contributed by atoms with van der Waals surface area (Å²) in [5, 5.41) is 5.77. The number of benzene rings is 2. The molecule has 0 aromatic heterocycles. The van der Waals surface area contributed by atoms with Crippen molar-refractivity contribution in [1.29, 1.82) is 0 Å². The maximum absolute atomic E-state index is 13.0. The van der Waals surface area contributed by atoms with E-state index in [0.717, 1.165) is 22.3 Å². The summed E-state index contributed by atoms with van der Waals surface area (Å²) in [4.78, 5) is 30.4. The quantitative estimate of drug-likeness (QED) is 0.664. The molecule has 0 radical (unpaired) electrons. The zero-order valence-electron chi connectivity index (χ0n) is 16.7. The van der Waals surface area contributed by atoms with Crippen molar-refractivity contribution in [3.05, 3.63) is 58.6 Å². The number of amides is 4. The molecule has 0 bridgehead atoms. The van der Waals surface area contributed by atoms with E-state index in [2.05, 4.69) is 31.5 Å². The minimum atomic E-state index is -0.169. The van der Waals surface area contributed by atoms with Gasteiger partial charge in [-0.1, -0.05) is 34.1 Å². The molecule has 1 heterocycles. The third-order valence-electron chi connectivity index (χ3n) is 4.66. The molecular weight excluding hydrogens is 434 g/mol. The third kappa shape index (κ3) is 5.95. The monoisotopic (exact) mass is 459 g/mol. The van der Waals surface area contributed by atoms with Crippen molar-refractivity contribution in [3.63, 3.8) is 0 Å². The Balaban J connectivity index is 1.71. The molecule has 0 atom stereocenters. The van der Waals surface area contributed by atoms with Gasteiger partial charge in [0.25, 0.3) is 0 Å². The normalized spacial score (nSPS) is 13.5. The van der Waals surface area contributed by atoms with Crippen LogP contribution in [0.1, 0.15) is 5.56 Å². The van der Waals surface area contributed by atoms with Crippen molar-refractivity contribution in [3.8, 4) is 0 Å². The van der Waals surface area contributed by atoms with E-state index in [0.29, 0.717) is 31.9 Å². The van der Waals surface area contributed by atoms with E-state index in [-0.39, 0.29) is 12.1 Å². The molecule has 2 N–H and O–H groups in total. The summed E-state index contributed by atoms with van der Waals surface area (Å²) in [5.41, 5.74) is 2.49. The van der Waals surface area contributed by atoms with E-state index < -0.39 is 0 Å². The number of carbonyl (C=O) groups is 2. The molecule has 1 aliphatic rings. The highest BCUT2D eigenvalue weighted by Crippen LogP contribution is 2.21. The first-order valence-electron chi connectivity index (χ1n) is 9.53. The van der Waals surface area contributed by atoms with Gasteiger partial charge in [-0.15, -0.1) is 0 Å². The summed E-state index contributed by atoms with van der Waals surface area (Å²) < 4.78 is 1.01. The fourth-order valence-electron chi connectivity index (χ4n) is 3.06. The zero-order valence-corrected chi connectivity index (χ0v) is 18.3. The second-order valence-electron chi connectivity index (χ2n) is 7.22. The predicted molar refractivity (Wildman–Crippen MR) is 119 cm³/mol. The first-order valence-corrected chi connectivity index (χ1v) is 10.3. The minimum Gasteiger partial charge on any atom is -0.336 e. The Hall–Kier alpha value is -2.58. The molecule has 2 aromatic rings. The van der Waals surface area contributed by atoms with Gasteiger partial charge in [0.15, 0.2) is 0 Å². The molecule has 3 rings (SSSR count). The third-order valence-corrected chi connectivity index (χ3v) is 5.19. The number of hydrogen-bond donors (Lipinski definition) is 2. The molecule has 2 aromatic carbocycles. The number of nitrogens with one attached hydrogen (secondary N) is 2. The summed E-state index contributed by atoms with van der Waals surface area (Å²) in [6, 6.07) is 15.0. The van der Waals surface area contributed by atoms with Crippen LogP contribution < -0.4 is 15.5 Å². The van der Waals surface area contributed by atoms with Gasteiger partial charge in [0.2, 0.25) is 0 Å². The maximum Gasteiger partial charge on any atom is 0.322 e. The fraction of sp³-hybridized carbons (Fsp3) is 0.333. The highest BCUT2D eigenvalue weighted by molar-refractivity contribution is 9.10. The van der Waals surface area contributed by atoms with Gasteiger partial charge in [-0.3, -0.25) is 4.90 Å². The van der Waals surface area contributed by atoms with Gasteiger partial charge in [-0.25, -0.2) is 9.59 Å². The smallest absolute Gasteiger partial charge is 0.322 e. The molecule has 29 heavy (non-hydrogen) atoms. The van der Waals surface area contributed by atoms with E-state index in [1.807, 2.05) is 62.6 Å². The molecule has 7 nitrogen and oxygen atoms in total. The van der Waals surface area contributed by atoms with Crippen LogP contribution in [-0.2, 0) is 6.54 Å². The van der Waals surface area contributed by atoms with Crippen LogP contribution in [0.5, 0.6) is 0 Å². The lowest BCUT2D eigenvalue weighted by Gasteiger charge is -2.25. The van der Waals surface area contributed by atoms with Crippen molar-refractivity contribution in [2.24, 2.45) is 0 Å². The van der Waals surface area contributed by atoms with Crippen LogP contribution >= 0.6 is 15.9 Å². The van der Waals surface area contributed by atoms with Crippen molar-refractivity contribution in [2.75, 3.05) is 50.5 Å². The van der Waals surface area contributed by atoms with Gasteiger partial charge in [-0.05, 0) is 50.0 Å². The average molecular weight is 460 g/mol. The van der Waals surface area contributed by atoms with Crippen molar-refractivity contribution in [2.45, 2.75) is 6.54 Å². The summed E-state index contributed by atoms with van der Waals surface area (Å²) >= 11 is 3.44. The van der Waals surface area contributed by atoms with Crippen LogP contribution in [0.2, 0.25) is 0 Å². The van der Waals surface area contributed by atoms with Gasteiger partial charge in [-0.2, -0.15) is 0 Å². The van der Waals surface area contributed by atoms with Crippen LogP contribution in [-0.4, -0.2) is 62.1 Å². The Bertz CT molecular complexity index is 856. The van der Waals surface area contributed by atoms with Crippen molar-refractivity contribution >= 4 is 39.4 Å². The van der Waals surface area contributed by atoms with E-state index in [4.69, 9.17) is 0 Å². The molecule has 4 amide bonds.